The minimum absolute atomic E-state index is 0. The summed E-state index contributed by atoms with van der Waals surface area (Å²) in [5.74, 6) is -0.334. The van der Waals surface area contributed by atoms with Gasteiger partial charge < -0.3 is 10.1 Å². The van der Waals surface area contributed by atoms with Crippen molar-refractivity contribution in [1.29, 1.82) is 0 Å². The monoisotopic (exact) mass is 362 g/mol. The van der Waals surface area contributed by atoms with Crippen LogP contribution in [0, 0.1) is 12.8 Å². The highest BCUT2D eigenvalue weighted by Crippen LogP contribution is 2.20. The first-order chi connectivity index (χ1) is 10.3. The van der Waals surface area contributed by atoms with Gasteiger partial charge >= 0.3 is 5.97 Å². The molecule has 0 aromatic heterocycles. The molecule has 1 fully saturated rings. The van der Waals surface area contributed by atoms with Gasteiger partial charge in [0.1, 0.15) is 0 Å². The SMILES string of the molecule is COC(=O)c1ccc(C)c(S(=O)(=O)NC2CCNCC2C)c1.Cl. The van der Waals surface area contributed by atoms with Crippen LogP contribution in [-0.4, -0.2) is 40.6 Å². The second kappa shape index (κ2) is 8.10. The number of hydrogen-bond acceptors (Lipinski definition) is 5. The first-order valence-corrected chi connectivity index (χ1v) is 8.75. The van der Waals surface area contributed by atoms with Crippen LogP contribution in [-0.2, 0) is 14.8 Å². The predicted octanol–water partition coefficient (Wildman–Crippen LogP) is 1.48. The van der Waals surface area contributed by atoms with E-state index in [1.165, 1.54) is 13.2 Å². The second-order valence-electron chi connectivity index (χ2n) is 5.67. The Labute approximate surface area is 143 Å². The molecule has 0 spiro atoms. The number of hydrogen-bond donors (Lipinski definition) is 2. The molecule has 1 aromatic rings. The summed E-state index contributed by atoms with van der Waals surface area (Å²) in [6.07, 6.45) is 0.746. The van der Waals surface area contributed by atoms with E-state index in [4.69, 9.17) is 0 Å². The van der Waals surface area contributed by atoms with Gasteiger partial charge in [-0.1, -0.05) is 13.0 Å². The number of ether oxygens (including phenoxy) is 1. The maximum Gasteiger partial charge on any atom is 0.337 e. The highest BCUT2D eigenvalue weighted by atomic mass is 35.5. The predicted molar refractivity (Wildman–Crippen MR) is 90.5 cm³/mol. The van der Waals surface area contributed by atoms with Crippen molar-refractivity contribution in [3.63, 3.8) is 0 Å². The molecule has 8 heteroatoms. The van der Waals surface area contributed by atoms with Crippen molar-refractivity contribution in [2.24, 2.45) is 5.92 Å². The Morgan fingerprint density at radius 1 is 1.39 bits per heavy atom. The number of sulfonamides is 1. The third-order valence-corrected chi connectivity index (χ3v) is 5.62. The van der Waals surface area contributed by atoms with Gasteiger partial charge in [0.05, 0.1) is 17.6 Å². The van der Waals surface area contributed by atoms with Gasteiger partial charge in [-0.05, 0) is 50.0 Å². The Morgan fingerprint density at radius 3 is 2.70 bits per heavy atom. The topological polar surface area (TPSA) is 84.5 Å². The van der Waals surface area contributed by atoms with Gasteiger partial charge in [-0.3, -0.25) is 0 Å². The third kappa shape index (κ3) is 4.67. The van der Waals surface area contributed by atoms with E-state index in [-0.39, 0.29) is 34.8 Å². The van der Waals surface area contributed by atoms with Gasteiger partial charge in [-0.25, -0.2) is 17.9 Å². The van der Waals surface area contributed by atoms with Crippen LogP contribution < -0.4 is 10.0 Å². The van der Waals surface area contributed by atoms with E-state index in [1.807, 2.05) is 6.92 Å². The molecule has 0 saturated carbocycles. The van der Waals surface area contributed by atoms with Crippen LogP contribution in [0.25, 0.3) is 0 Å². The Bertz CT molecular complexity index is 663. The van der Waals surface area contributed by atoms with E-state index in [2.05, 4.69) is 14.8 Å². The lowest BCUT2D eigenvalue weighted by Crippen LogP contribution is -2.48. The molecule has 1 aliphatic heterocycles. The number of benzene rings is 1. The zero-order valence-corrected chi connectivity index (χ0v) is 15.1. The van der Waals surface area contributed by atoms with Gasteiger partial charge in [0.15, 0.2) is 0 Å². The minimum atomic E-state index is -3.67. The number of rotatable bonds is 4. The molecular formula is C15H23ClN2O4S. The van der Waals surface area contributed by atoms with Crippen LogP contribution in [0.1, 0.15) is 29.3 Å². The summed E-state index contributed by atoms with van der Waals surface area (Å²) >= 11 is 0. The number of carbonyl (C=O) groups excluding carboxylic acids is 1. The van der Waals surface area contributed by atoms with E-state index in [1.54, 1.807) is 19.1 Å². The quantitative estimate of drug-likeness (QED) is 0.792. The number of esters is 1. The Hall–Kier alpha value is -1.15. The van der Waals surface area contributed by atoms with Crippen LogP contribution in [0.4, 0.5) is 0 Å². The molecule has 1 aliphatic rings. The van der Waals surface area contributed by atoms with E-state index in [9.17, 15) is 13.2 Å². The fourth-order valence-corrected chi connectivity index (χ4v) is 4.24. The van der Waals surface area contributed by atoms with Crippen LogP contribution in [0.3, 0.4) is 0 Å². The molecule has 2 N–H and O–H groups in total. The van der Waals surface area contributed by atoms with E-state index >= 15 is 0 Å². The maximum absolute atomic E-state index is 12.6. The molecule has 6 nitrogen and oxygen atoms in total. The van der Waals surface area contributed by atoms with Crippen molar-refractivity contribution in [2.75, 3.05) is 20.2 Å². The summed E-state index contributed by atoms with van der Waals surface area (Å²) in [5, 5.41) is 3.24. The van der Waals surface area contributed by atoms with Gasteiger partial charge in [0.25, 0.3) is 0 Å². The van der Waals surface area contributed by atoms with Crippen molar-refractivity contribution >= 4 is 28.4 Å². The van der Waals surface area contributed by atoms with Crippen molar-refractivity contribution in [3.05, 3.63) is 29.3 Å². The van der Waals surface area contributed by atoms with Crippen molar-refractivity contribution in [2.45, 2.75) is 31.2 Å². The molecule has 2 rings (SSSR count). The van der Waals surface area contributed by atoms with Gasteiger partial charge in [0, 0.05) is 6.04 Å². The number of methoxy groups -OCH3 is 1. The van der Waals surface area contributed by atoms with E-state index < -0.39 is 16.0 Å². The van der Waals surface area contributed by atoms with Crippen LogP contribution in [0.15, 0.2) is 23.1 Å². The van der Waals surface area contributed by atoms with E-state index in [0.29, 0.717) is 5.56 Å². The average Bonchev–Trinajstić information content (AvgIpc) is 2.49. The molecule has 0 aliphatic carbocycles. The fraction of sp³-hybridized carbons (Fsp3) is 0.533. The fourth-order valence-electron chi connectivity index (χ4n) is 2.59. The van der Waals surface area contributed by atoms with Gasteiger partial charge in [-0.2, -0.15) is 0 Å². The minimum Gasteiger partial charge on any atom is -0.465 e. The van der Waals surface area contributed by atoms with Crippen molar-refractivity contribution in [1.82, 2.24) is 10.0 Å². The molecule has 1 aromatic carbocycles. The number of nitrogens with one attached hydrogen (secondary N) is 2. The first kappa shape index (κ1) is 19.9. The van der Waals surface area contributed by atoms with Crippen LogP contribution in [0.5, 0.6) is 0 Å². The summed E-state index contributed by atoms with van der Waals surface area (Å²) in [4.78, 5) is 11.7. The summed E-state index contributed by atoms with van der Waals surface area (Å²) < 4.78 is 32.7. The number of halogens is 1. The summed E-state index contributed by atoms with van der Waals surface area (Å²) in [6, 6.07) is 4.45. The lowest BCUT2D eigenvalue weighted by atomic mass is 9.97. The molecule has 2 atom stereocenters. The van der Waals surface area contributed by atoms with Crippen molar-refractivity contribution < 1.29 is 17.9 Å². The lowest BCUT2D eigenvalue weighted by Gasteiger charge is -2.30. The Morgan fingerprint density at radius 2 is 2.09 bits per heavy atom. The largest absolute Gasteiger partial charge is 0.465 e. The third-order valence-electron chi connectivity index (χ3n) is 3.99. The molecular weight excluding hydrogens is 340 g/mol. The van der Waals surface area contributed by atoms with Crippen molar-refractivity contribution in [3.8, 4) is 0 Å². The van der Waals surface area contributed by atoms with Gasteiger partial charge in [0.2, 0.25) is 10.0 Å². The molecule has 2 unspecified atom stereocenters. The number of aryl methyl sites for hydroxylation is 1. The van der Waals surface area contributed by atoms with Crippen LogP contribution >= 0.6 is 12.4 Å². The standard InChI is InChI=1S/C15H22N2O4S.ClH/c1-10-4-5-12(15(18)21-3)8-14(10)22(19,20)17-13-6-7-16-9-11(13)2;/h4-5,8,11,13,16-17H,6-7,9H2,1-3H3;1H. The molecule has 0 bridgehead atoms. The normalized spacial score (nSPS) is 21.3. The maximum atomic E-state index is 12.6. The summed E-state index contributed by atoms with van der Waals surface area (Å²) in [5.41, 5.74) is 0.827. The Kier molecular flexibility index (Phi) is 7.01. The molecule has 130 valence electrons. The average molecular weight is 363 g/mol. The zero-order valence-electron chi connectivity index (χ0n) is 13.5. The lowest BCUT2D eigenvalue weighted by molar-refractivity contribution is 0.0600. The highest BCUT2D eigenvalue weighted by molar-refractivity contribution is 7.89. The molecule has 0 amide bonds. The summed E-state index contributed by atoms with van der Waals surface area (Å²) in [7, 11) is -2.40. The zero-order chi connectivity index (χ0) is 16.3. The number of piperidine rings is 1. The van der Waals surface area contributed by atoms with Gasteiger partial charge in [-0.15, -0.1) is 12.4 Å². The molecule has 1 saturated heterocycles. The molecule has 1 heterocycles. The Balaban J connectivity index is 0.00000264. The smallest absolute Gasteiger partial charge is 0.337 e. The first-order valence-electron chi connectivity index (χ1n) is 7.27. The molecule has 0 radical (unpaired) electrons. The van der Waals surface area contributed by atoms with E-state index in [0.717, 1.165) is 19.5 Å². The number of carbonyl (C=O) groups is 1. The summed E-state index contributed by atoms with van der Waals surface area (Å²) in [6.45, 7) is 5.30. The van der Waals surface area contributed by atoms with Crippen LogP contribution in [0.2, 0.25) is 0 Å². The second-order valence-corrected chi connectivity index (χ2v) is 7.35. The molecule has 23 heavy (non-hydrogen) atoms. The highest BCUT2D eigenvalue weighted by Gasteiger charge is 2.28.